The standard InChI is InChI=1S/C8H16N2O2S2/c1-5(11)9-7(3)13-14-8(4)10-6(2)12/h7-8H,1-4H3,(H,9,11)(H,10,12). The molecule has 0 fully saturated rings. The summed E-state index contributed by atoms with van der Waals surface area (Å²) in [7, 11) is 3.05. The molecule has 0 aliphatic rings. The predicted octanol–water partition coefficient (Wildman–Crippen LogP) is 1.33. The molecule has 2 amide bonds. The van der Waals surface area contributed by atoms with Gasteiger partial charge in [-0.1, -0.05) is 21.6 Å². The van der Waals surface area contributed by atoms with Crippen LogP contribution in [0.3, 0.4) is 0 Å². The van der Waals surface area contributed by atoms with E-state index in [2.05, 4.69) is 10.6 Å². The minimum absolute atomic E-state index is 0.0437. The number of nitrogens with one attached hydrogen (secondary N) is 2. The van der Waals surface area contributed by atoms with E-state index in [4.69, 9.17) is 0 Å². The van der Waals surface area contributed by atoms with Crippen molar-refractivity contribution >= 4 is 33.4 Å². The first-order valence-corrected chi connectivity index (χ1v) is 6.55. The van der Waals surface area contributed by atoms with E-state index < -0.39 is 0 Å². The van der Waals surface area contributed by atoms with Gasteiger partial charge in [0.1, 0.15) is 0 Å². The van der Waals surface area contributed by atoms with Crippen molar-refractivity contribution in [3.63, 3.8) is 0 Å². The molecule has 0 saturated carbocycles. The first-order valence-electron chi connectivity index (χ1n) is 4.28. The number of carbonyl (C=O) groups excluding carboxylic acids is 2. The summed E-state index contributed by atoms with van der Waals surface area (Å²) in [5.41, 5.74) is 0. The highest BCUT2D eigenvalue weighted by molar-refractivity contribution is 8.77. The molecule has 2 N–H and O–H groups in total. The van der Waals surface area contributed by atoms with Crippen LogP contribution in [0.2, 0.25) is 0 Å². The number of carbonyl (C=O) groups is 2. The Bertz CT molecular complexity index is 190. The molecule has 0 bridgehead atoms. The summed E-state index contributed by atoms with van der Waals surface area (Å²) < 4.78 is 0. The van der Waals surface area contributed by atoms with E-state index in [-0.39, 0.29) is 22.6 Å². The van der Waals surface area contributed by atoms with Gasteiger partial charge in [0.15, 0.2) is 0 Å². The van der Waals surface area contributed by atoms with Crippen LogP contribution in [0.4, 0.5) is 0 Å². The van der Waals surface area contributed by atoms with E-state index in [1.807, 2.05) is 13.8 Å². The molecule has 14 heavy (non-hydrogen) atoms. The van der Waals surface area contributed by atoms with Crippen molar-refractivity contribution in [2.45, 2.75) is 38.4 Å². The molecule has 0 rings (SSSR count). The Kier molecular flexibility index (Phi) is 6.82. The lowest BCUT2D eigenvalue weighted by atomic mass is 10.6. The average Bonchev–Trinajstić information content (AvgIpc) is 1.98. The van der Waals surface area contributed by atoms with E-state index in [1.54, 1.807) is 0 Å². The monoisotopic (exact) mass is 236 g/mol. The van der Waals surface area contributed by atoms with Crippen LogP contribution in [-0.4, -0.2) is 22.6 Å². The normalized spacial score (nSPS) is 14.3. The SMILES string of the molecule is CC(=O)NC(C)SSC(C)NC(C)=O. The average molecular weight is 236 g/mol. The molecular formula is C8H16N2O2S2. The van der Waals surface area contributed by atoms with Gasteiger partial charge in [-0.25, -0.2) is 0 Å². The molecule has 0 aliphatic heterocycles. The van der Waals surface area contributed by atoms with E-state index in [0.29, 0.717) is 0 Å². The quantitative estimate of drug-likeness (QED) is 0.558. The Hall–Kier alpha value is -0.360. The van der Waals surface area contributed by atoms with Crippen molar-refractivity contribution in [3.8, 4) is 0 Å². The molecule has 0 aromatic rings. The highest BCUT2D eigenvalue weighted by Crippen LogP contribution is 2.28. The molecular weight excluding hydrogens is 220 g/mol. The predicted molar refractivity (Wildman–Crippen MR) is 61.7 cm³/mol. The van der Waals surface area contributed by atoms with E-state index >= 15 is 0 Å². The summed E-state index contributed by atoms with van der Waals surface area (Å²) in [4.78, 5) is 21.3. The molecule has 0 aromatic carbocycles. The molecule has 82 valence electrons. The Balaban J connectivity index is 3.60. The van der Waals surface area contributed by atoms with Crippen LogP contribution in [0, 0.1) is 0 Å². The first-order chi connectivity index (χ1) is 6.41. The van der Waals surface area contributed by atoms with Crippen molar-refractivity contribution in [3.05, 3.63) is 0 Å². The third-order valence-electron chi connectivity index (χ3n) is 1.16. The van der Waals surface area contributed by atoms with Crippen molar-refractivity contribution in [1.29, 1.82) is 0 Å². The molecule has 0 aromatic heterocycles. The fraction of sp³-hybridized carbons (Fsp3) is 0.750. The van der Waals surface area contributed by atoms with Gasteiger partial charge >= 0.3 is 0 Å². The molecule has 2 atom stereocenters. The Morgan fingerprint density at radius 1 is 0.929 bits per heavy atom. The van der Waals surface area contributed by atoms with E-state index in [9.17, 15) is 9.59 Å². The van der Waals surface area contributed by atoms with Gasteiger partial charge in [0.2, 0.25) is 11.8 Å². The molecule has 0 spiro atoms. The molecule has 0 heterocycles. The van der Waals surface area contributed by atoms with Gasteiger partial charge in [-0.2, -0.15) is 0 Å². The van der Waals surface area contributed by atoms with Crippen LogP contribution >= 0.6 is 21.6 Å². The maximum atomic E-state index is 10.7. The Morgan fingerprint density at radius 2 is 1.21 bits per heavy atom. The van der Waals surface area contributed by atoms with Crippen LogP contribution in [0.1, 0.15) is 27.7 Å². The fourth-order valence-electron chi connectivity index (χ4n) is 0.787. The zero-order valence-electron chi connectivity index (χ0n) is 8.79. The summed E-state index contributed by atoms with van der Waals surface area (Å²) >= 11 is 0. The van der Waals surface area contributed by atoms with E-state index in [0.717, 1.165) is 0 Å². The highest BCUT2D eigenvalue weighted by atomic mass is 33.1. The van der Waals surface area contributed by atoms with Gasteiger partial charge in [0, 0.05) is 13.8 Å². The lowest BCUT2D eigenvalue weighted by Crippen LogP contribution is -2.29. The molecule has 0 saturated heterocycles. The van der Waals surface area contributed by atoms with Gasteiger partial charge in [-0.15, -0.1) is 0 Å². The second kappa shape index (κ2) is 7.00. The van der Waals surface area contributed by atoms with Crippen molar-refractivity contribution < 1.29 is 9.59 Å². The van der Waals surface area contributed by atoms with Gasteiger partial charge in [0.25, 0.3) is 0 Å². The third kappa shape index (κ3) is 8.25. The molecule has 4 nitrogen and oxygen atoms in total. The maximum Gasteiger partial charge on any atom is 0.217 e. The minimum atomic E-state index is -0.0437. The van der Waals surface area contributed by atoms with Crippen LogP contribution in [0.5, 0.6) is 0 Å². The van der Waals surface area contributed by atoms with Crippen LogP contribution in [0.25, 0.3) is 0 Å². The number of hydrogen-bond acceptors (Lipinski definition) is 4. The van der Waals surface area contributed by atoms with Gasteiger partial charge in [-0.05, 0) is 13.8 Å². The number of rotatable bonds is 5. The molecule has 6 heteroatoms. The summed E-state index contributed by atoms with van der Waals surface area (Å²) in [5.74, 6) is -0.0874. The topological polar surface area (TPSA) is 58.2 Å². The van der Waals surface area contributed by atoms with Crippen molar-refractivity contribution in [1.82, 2.24) is 10.6 Å². The third-order valence-corrected chi connectivity index (χ3v) is 4.15. The zero-order valence-corrected chi connectivity index (χ0v) is 10.4. The molecule has 0 aliphatic carbocycles. The summed E-state index contributed by atoms with van der Waals surface area (Å²) in [6.45, 7) is 6.77. The lowest BCUT2D eigenvalue weighted by Gasteiger charge is -2.15. The number of amides is 2. The molecule has 2 unspecified atom stereocenters. The van der Waals surface area contributed by atoms with Gasteiger partial charge in [-0.3, -0.25) is 9.59 Å². The second-order valence-corrected chi connectivity index (χ2v) is 5.83. The Labute approximate surface area is 92.4 Å². The first kappa shape index (κ1) is 13.6. The van der Waals surface area contributed by atoms with Crippen LogP contribution in [0.15, 0.2) is 0 Å². The summed E-state index contributed by atoms with van der Waals surface area (Å²) in [5, 5.41) is 5.58. The van der Waals surface area contributed by atoms with Crippen molar-refractivity contribution in [2.24, 2.45) is 0 Å². The van der Waals surface area contributed by atoms with Crippen LogP contribution < -0.4 is 10.6 Å². The highest BCUT2D eigenvalue weighted by Gasteiger charge is 2.08. The maximum absolute atomic E-state index is 10.7. The Morgan fingerprint density at radius 3 is 1.43 bits per heavy atom. The lowest BCUT2D eigenvalue weighted by molar-refractivity contribution is -0.119. The smallest absolute Gasteiger partial charge is 0.217 e. The minimum Gasteiger partial charge on any atom is -0.344 e. The zero-order chi connectivity index (χ0) is 11.1. The second-order valence-electron chi connectivity index (χ2n) is 2.88. The van der Waals surface area contributed by atoms with Gasteiger partial charge < -0.3 is 10.6 Å². The van der Waals surface area contributed by atoms with Crippen LogP contribution in [-0.2, 0) is 9.59 Å². The van der Waals surface area contributed by atoms with E-state index in [1.165, 1.54) is 35.4 Å². The fourth-order valence-corrected chi connectivity index (χ4v) is 2.84. The number of hydrogen-bond donors (Lipinski definition) is 2. The largest absolute Gasteiger partial charge is 0.344 e. The van der Waals surface area contributed by atoms with Crippen molar-refractivity contribution in [2.75, 3.05) is 0 Å². The van der Waals surface area contributed by atoms with Gasteiger partial charge in [0.05, 0.1) is 10.7 Å². The summed E-state index contributed by atoms with van der Waals surface area (Å²) in [6.07, 6.45) is 0. The summed E-state index contributed by atoms with van der Waals surface area (Å²) in [6, 6.07) is 0. The molecule has 0 radical (unpaired) electrons.